The van der Waals surface area contributed by atoms with Crippen LogP contribution in [0.25, 0.3) is 0 Å². The van der Waals surface area contributed by atoms with Crippen LogP contribution in [-0.4, -0.2) is 23.7 Å². The maximum atomic E-state index is 10.8. The number of aliphatic carboxylic acids is 1. The summed E-state index contributed by atoms with van der Waals surface area (Å²) in [7, 11) is 0. The molecule has 0 aromatic heterocycles. The van der Waals surface area contributed by atoms with Crippen molar-refractivity contribution in [1.29, 1.82) is 0 Å². The van der Waals surface area contributed by atoms with Crippen LogP contribution in [0.5, 0.6) is 0 Å². The van der Waals surface area contributed by atoms with Crippen LogP contribution >= 0.6 is 0 Å². The quantitative estimate of drug-likeness (QED) is 0.502. The zero-order valence-corrected chi connectivity index (χ0v) is 7.66. The third-order valence-electron chi connectivity index (χ3n) is 1.21. The third-order valence-corrected chi connectivity index (χ3v) is 1.21. The molecule has 0 aromatic carbocycles. The molecule has 74 valence electrons. The Bertz CT molecular complexity index is 196. The van der Waals surface area contributed by atoms with Gasteiger partial charge in [-0.15, -0.1) is 0 Å². The van der Waals surface area contributed by atoms with Gasteiger partial charge in [-0.3, -0.25) is 9.59 Å². The SMILES string of the molecule is CCCOC(=O)CC=CCC(=O)O. The van der Waals surface area contributed by atoms with E-state index in [4.69, 9.17) is 9.84 Å². The van der Waals surface area contributed by atoms with Crippen molar-refractivity contribution in [3.8, 4) is 0 Å². The number of ether oxygens (including phenoxy) is 1. The molecule has 13 heavy (non-hydrogen) atoms. The van der Waals surface area contributed by atoms with Gasteiger partial charge in [0.2, 0.25) is 0 Å². The Hall–Kier alpha value is -1.32. The molecular formula is C9H14O4. The van der Waals surface area contributed by atoms with E-state index in [0.717, 1.165) is 6.42 Å². The zero-order valence-electron chi connectivity index (χ0n) is 7.66. The predicted octanol–water partition coefficient (Wildman–Crippen LogP) is 1.36. The highest BCUT2D eigenvalue weighted by molar-refractivity contribution is 5.72. The fraction of sp³-hybridized carbons (Fsp3) is 0.556. The monoisotopic (exact) mass is 186 g/mol. The Morgan fingerprint density at radius 2 is 1.92 bits per heavy atom. The van der Waals surface area contributed by atoms with Crippen molar-refractivity contribution in [3.05, 3.63) is 12.2 Å². The number of hydrogen-bond donors (Lipinski definition) is 1. The van der Waals surface area contributed by atoms with E-state index < -0.39 is 5.97 Å². The molecule has 0 saturated carbocycles. The van der Waals surface area contributed by atoms with Gasteiger partial charge in [-0.2, -0.15) is 0 Å². The lowest BCUT2D eigenvalue weighted by molar-refractivity contribution is -0.142. The molecule has 0 spiro atoms. The van der Waals surface area contributed by atoms with Crippen LogP contribution in [0.3, 0.4) is 0 Å². The van der Waals surface area contributed by atoms with Crippen molar-refractivity contribution in [2.45, 2.75) is 26.2 Å². The van der Waals surface area contributed by atoms with Crippen molar-refractivity contribution in [2.24, 2.45) is 0 Å². The summed E-state index contributed by atoms with van der Waals surface area (Å²) >= 11 is 0. The molecule has 4 nitrogen and oxygen atoms in total. The number of carboxylic acids is 1. The minimum atomic E-state index is -0.904. The summed E-state index contributed by atoms with van der Waals surface area (Å²) in [6, 6.07) is 0. The first-order chi connectivity index (χ1) is 6.16. The second-order valence-electron chi connectivity index (χ2n) is 2.49. The first kappa shape index (κ1) is 11.7. The molecule has 0 rings (SSSR count). The first-order valence-electron chi connectivity index (χ1n) is 4.19. The van der Waals surface area contributed by atoms with Gasteiger partial charge in [-0.25, -0.2) is 0 Å². The van der Waals surface area contributed by atoms with E-state index in [2.05, 4.69) is 0 Å². The summed E-state index contributed by atoms with van der Waals surface area (Å²) in [4.78, 5) is 20.9. The highest BCUT2D eigenvalue weighted by atomic mass is 16.5. The Labute approximate surface area is 77.2 Å². The molecule has 0 radical (unpaired) electrons. The molecule has 0 heterocycles. The Morgan fingerprint density at radius 1 is 1.31 bits per heavy atom. The maximum absolute atomic E-state index is 10.8. The normalized spacial score (nSPS) is 10.2. The van der Waals surface area contributed by atoms with Gasteiger partial charge in [0.05, 0.1) is 19.4 Å². The summed E-state index contributed by atoms with van der Waals surface area (Å²) in [6.45, 7) is 2.33. The summed E-state index contributed by atoms with van der Waals surface area (Å²) < 4.78 is 4.76. The molecule has 0 fully saturated rings. The number of carbonyl (C=O) groups is 2. The summed E-state index contributed by atoms with van der Waals surface area (Å²) in [5, 5.41) is 8.25. The molecule has 0 aliphatic heterocycles. The second-order valence-corrected chi connectivity index (χ2v) is 2.49. The predicted molar refractivity (Wildman–Crippen MR) is 47.3 cm³/mol. The number of esters is 1. The first-order valence-corrected chi connectivity index (χ1v) is 4.19. The molecule has 0 bridgehead atoms. The molecule has 0 aliphatic rings. The van der Waals surface area contributed by atoms with Crippen molar-refractivity contribution in [3.63, 3.8) is 0 Å². The van der Waals surface area contributed by atoms with Gasteiger partial charge in [-0.05, 0) is 6.42 Å². The molecule has 4 heteroatoms. The summed E-state index contributed by atoms with van der Waals surface area (Å²) in [6.07, 6.45) is 3.83. The molecule has 0 atom stereocenters. The molecule has 0 aromatic rings. The van der Waals surface area contributed by atoms with E-state index in [-0.39, 0.29) is 18.8 Å². The smallest absolute Gasteiger partial charge is 0.309 e. The molecule has 0 unspecified atom stereocenters. The second kappa shape index (κ2) is 7.34. The van der Waals surface area contributed by atoms with Crippen molar-refractivity contribution >= 4 is 11.9 Å². The number of carboxylic acid groups (broad SMARTS) is 1. The lowest BCUT2D eigenvalue weighted by Gasteiger charge is -1.98. The van der Waals surface area contributed by atoms with E-state index in [1.807, 2.05) is 6.92 Å². The van der Waals surface area contributed by atoms with E-state index in [9.17, 15) is 9.59 Å². The zero-order chi connectivity index (χ0) is 10.1. The van der Waals surface area contributed by atoms with E-state index in [0.29, 0.717) is 6.61 Å². The Kier molecular flexibility index (Phi) is 6.59. The van der Waals surface area contributed by atoms with Crippen LogP contribution in [0.4, 0.5) is 0 Å². The maximum Gasteiger partial charge on any atom is 0.309 e. The van der Waals surface area contributed by atoms with Gasteiger partial charge in [0, 0.05) is 0 Å². The minimum Gasteiger partial charge on any atom is -0.481 e. The van der Waals surface area contributed by atoms with E-state index >= 15 is 0 Å². The molecule has 1 N–H and O–H groups in total. The lowest BCUT2D eigenvalue weighted by atomic mass is 10.3. The van der Waals surface area contributed by atoms with Crippen molar-refractivity contribution in [2.75, 3.05) is 6.61 Å². The average molecular weight is 186 g/mol. The van der Waals surface area contributed by atoms with Gasteiger partial charge in [0.15, 0.2) is 0 Å². The van der Waals surface area contributed by atoms with E-state index in [1.54, 1.807) is 0 Å². The number of hydrogen-bond acceptors (Lipinski definition) is 3. The third kappa shape index (κ3) is 8.59. The minimum absolute atomic E-state index is 0.0545. The Morgan fingerprint density at radius 3 is 2.46 bits per heavy atom. The van der Waals surface area contributed by atoms with Gasteiger partial charge < -0.3 is 9.84 Å². The highest BCUT2D eigenvalue weighted by Gasteiger charge is 1.97. The van der Waals surface area contributed by atoms with Gasteiger partial charge in [0.25, 0.3) is 0 Å². The Balaban J connectivity index is 3.45. The number of carbonyl (C=O) groups excluding carboxylic acids is 1. The molecule has 0 saturated heterocycles. The standard InChI is InChI=1S/C9H14O4/c1-2-7-13-9(12)6-4-3-5-8(10)11/h3-4H,2,5-7H2,1H3,(H,10,11). The van der Waals surface area contributed by atoms with Crippen LogP contribution < -0.4 is 0 Å². The fourth-order valence-electron chi connectivity index (χ4n) is 0.639. The van der Waals surface area contributed by atoms with Crippen molar-refractivity contribution in [1.82, 2.24) is 0 Å². The van der Waals surface area contributed by atoms with Crippen LogP contribution in [0.2, 0.25) is 0 Å². The molecular weight excluding hydrogens is 172 g/mol. The largest absolute Gasteiger partial charge is 0.481 e. The van der Waals surface area contributed by atoms with Gasteiger partial charge in [0.1, 0.15) is 0 Å². The van der Waals surface area contributed by atoms with Crippen molar-refractivity contribution < 1.29 is 19.4 Å². The van der Waals surface area contributed by atoms with Crippen LogP contribution in [-0.2, 0) is 14.3 Å². The highest BCUT2D eigenvalue weighted by Crippen LogP contribution is 1.92. The van der Waals surface area contributed by atoms with Crippen LogP contribution in [0, 0.1) is 0 Å². The average Bonchev–Trinajstić information content (AvgIpc) is 2.08. The van der Waals surface area contributed by atoms with Crippen LogP contribution in [0.15, 0.2) is 12.2 Å². The molecule has 0 amide bonds. The summed E-state index contributed by atoms with van der Waals surface area (Å²) in [5.41, 5.74) is 0. The topological polar surface area (TPSA) is 63.6 Å². The number of rotatable bonds is 6. The van der Waals surface area contributed by atoms with Gasteiger partial charge in [-0.1, -0.05) is 19.1 Å². The lowest BCUT2D eigenvalue weighted by Crippen LogP contribution is -2.03. The van der Waals surface area contributed by atoms with E-state index in [1.165, 1.54) is 12.2 Å². The molecule has 0 aliphatic carbocycles. The fourth-order valence-corrected chi connectivity index (χ4v) is 0.639. The van der Waals surface area contributed by atoms with Gasteiger partial charge >= 0.3 is 11.9 Å². The summed E-state index contributed by atoms with van der Waals surface area (Å²) in [5.74, 6) is -1.22. The van der Waals surface area contributed by atoms with Crippen LogP contribution in [0.1, 0.15) is 26.2 Å².